The molecule has 7 aliphatic rings. The van der Waals surface area contributed by atoms with E-state index in [1.54, 1.807) is 16.7 Å². The van der Waals surface area contributed by atoms with Crippen LogP contribution in [0.15, 0.2) is 46.7 Å². The zero-order valence-corrected chi connectivity index (χ0v) is 26.0. The van der Waals surface area contributed by atoms with Gasteiger partial charge in [-0.1, -0.05) is 41.4 Å². The molecule has 6 aliphatic heterocycles. The minimum Gasteiger partial charge on any atom is -0.376 e. The van der Waals surface area contributed by atoms with Gasteiger partial charge in [-0.25, -0.2) is 0 Å². The van der Waals surface area contributed by atoms with E-state index in [9.17, 15) is 0 Å². The quantitative estimate of drug-likeness (QED) is 0.327. The molecule has 6 heterocycles. The Balaban J connectivity index is 0.000000120. The van der Waals surface area contributed by atoms with E-state index in [1.165, 1.54) is 83.0 Å². The average Bonchev–Trinajstić information content (AvgIpc) is 3.01. The summed E-state index contributed by atoms with van der Waals surface area (Å²) in [6.45, 7) is 12.7. The van der Waals surface area contributed by atoms with Crippen molar-refractivity contribution in [1.82, 2.24) is 19.6 Å². The van der Waals surface area contributed by atoms with Crippen molar-refractivity contribution in [2.75, 3.05) is 47.8 Å². The van der Waals surface area contributed by atoms with Gasteiger partial charge in [0, 0.05) is 50.8 Å². The molecule has 0 saturated carbocycles. The van der Waals surface area contributed by atoms with Crippen molar-refractivity contribution in [3.05, 3.63) is 46.7 Å². The van der Waals surface area contributed by atoms with Crippen LogP contribution in [0.2, 0.25) is 0 Å². The highest BCUT2D eigenvalue weighted by Gasteiger charge is 2.32. The van der Waals surface area contributed by atoms with Crippen LogP contribution in [-0.4, -0.2) is 91.6 Å². The van der Waals surface area contributed by atoms with Crippen LogP contribution in [0.3, 0.4) is 0 Å². The van der Waals surface area contributed by atoms with E-state index >= 15 is 0 Å². The van der Waals surface area contributed by atoms with E-state index < -0.39 is 0 Å². The second-order valence-electron chi connectivity index (χ2n) is 13.9. The summed E-state index contributed by atoms with van der Waals surface area (Å²) in [5.74, 6) is 1.83. The maximum atomic E-state index is 2.55. The predicted octanol–water partition coefficient (Wildman–Crippen LogP) is 6.73. The summed E-state index contributed by atoms with van der Waals surface area (Å²) >= 11 is 0. The molecule has 4 heteroatoms. The minimum atomic E-state index is 0.766. The van der Waals surface area contributed by atoms with E-state index in [2.05, 4.69) is 99.9 Å². The number of rotatable bonds is 0. The molecule has 6 atom stereocenters. The van der Waals surface area contributed by atoms with Crippen LogP contribution in [0.1, 0.15) is 85.5 Å². The summed E-state index contributed by atoms with van der Waals surface area (Å²) in [5, 5.41) is 0. The Morgan fingerprint density at radius 3 is 1.71 bits per heavy atom. The number of hydrogen-bond acceptors (Lipinski definition) is 4. The van der Waals surface area contributed by atoms with Crippen LogP contribution >= 0.6 is 0 Å². The fraction of sp³-hybridized carbons (Fsp3) is 0.765. The van der Waals surface area contributed by atoms with Gasteiger partial charge >= 0.3 is 0 Å². The average molecular weight is 523 g/mol. The molecule has 6 unspecified atom stereocenters. The zero-order chi connectivity index (χ0) is 27.4. The van der Waals surface area contributed by atoms with Crippen LogP contribution in [0, 0.1) is 11.8 Å². The molecule has 0 aromatic heterocycles. The lowest BCUT2D eigenvalue weighted by molar-refractivity contribution is 0.130. The molecule has 6 bridgehead atoms. The highest BCUT2D eigenvalue weighted by Crippen LogP contribution is 2.34. The molecule has 3 fully saturated rings. The highest BCUT2D eigenvalue weighted by molar-refractivity contribution is 5.15. The van der Waals surface area contributed by atoms with Crippen LogP contribution in [0.25, 0.3) is 0 Å². The van der Waals surface area contributed by atoms with Crippen molar-refractivity contribution in [3.8, 4) is 0 Å². The number of nitrogens with zero attached hydrogens (tertiary/aromatic N) is 4. The van der Waals surface area contributed by atoms with Crippen LogP contribution < -0.4 is 0 Å². The van der Waals surface area contributed by atoms with Crippen molar-refractivity contribution in [1.29, 1.82) is 0 Å². The number of allylic oxidation sites excluding steroid dienone is 1. The van der Waals surface area contributed by atoms with Gasteiger partial charge in [0.25, 0.3) is 0 Å². The van der Waals surface area contributed by atoms with Crippen LogP contribution in [-0.2, 0) is 0 Å². The number of piperidine rings is 2. The molecule has 0 radical (unpaired) electrons. The summed E-state index contributed by atoms with van der Waals surface area (Å²) in [6.07, 6.45) is 22.0. The Morgan fingerprint density at radius 1 is 0.632 bits per heavy atom. The molecule has 0 N–H and O–H groups in total. The first-order valence-corrected chi connectivity index (χ1v) is 15.6. The predicted molar refractivity (Wildman–Crippen MR) is 164 cm³/mol. The standard InChI is InChI=1S/2C10H17N.C9H15N.C5H9N/c1-8-3-9-5-10(4-8)7-11(2)6-9;1-8-6-9-4-3-5-10(7-8)11(9)2;1-7-5-8-3-4-9(6-7)10(8)2;1-5-3-6(2)4-5/h3,9-10H,4-7H2,1-2H3;6,9-10H,3-5,7H2,1-2H3;5,8-9H,3-4,6H2,1-2H3;3H,4H2,1-2H3. The van der Waals surface area contributed by atoms with Crippen molar-refractivity contribution in [2.24, 2.45) is 11.8 Å². The van der Waals surface area contributed by atoms with Gasteiger partial charge in [0.2, 0.25) is 0 Å². The molecule has 0 amide bonds. The molecule has 3 saturated heterocycles. The van der Waals surface area contributed by atoms with Gasteiger partial charge in [-0.15, -0.1) is 0 Å². The monoisotopic (exact) mass is 522 g/mol. The smallest absolute Gasteiger partial charge is 0.0394 e. The maximum absolute atomic E-state index is 2.55. The Kier molecular flexibility index (Phi) is 10.4. The van der Waals surface area contributed by atoms with Crippen molar-refractivity contribution < 1.29 is 0 Å². The molecular weight excluding hydrogens is 464 g/mol. The molecule has 38 heavy (non-hydrogen) atoms. The number of likely N-dealkylation sites (tertiary alicyclic amines) is 1. The lowest BCUT2D eigenvalue weighted by Gasteiger charge is -2.42. The summed E-state index contributed by atoms with van der Waals surface area (Å²) in [5.41, 5.74) is 6.32. The van der Waals surface area contributed by atoms with Gasteiger partial charge in [0.05, 0.1) is 0 Å². The summed E-state index contributed by atoms with van der Waals surface area (Å²) < 4.78 is 0. The molecule has 0 spiro atoms. The number of hydrogen-bond donors (Lipinski definition) is 0. The first-order chi connectivity index (χ1) is 18.1. The van der Waals surface area contributed by atoms with Gasteiger partial charge < -0.3 is 9.80 Å². The first kappa shape index (κ1) is 29.6. The number of fused-ring (bicyclic) bond motifs is 6. The van der Waals surface area contributed by atoms with E-state index in [0.717, 1.165) is 36.0 Å². The van der Waals surface area contributed by atoms with Crippen LogP contribution in [0.5, 0.6) is 0 Å². The van der Waals surface area contributed by atoms with Gasteiger partial charge in [-0.3, -0.25) is 9.80 Å². The zero-order valence-electron chi connectivity index (χ0n) is 26.0. The largest absolute Gasteiger partial charge is 0.376 e. The molecule has 4 nitrogen and oxygen atoms in total. The molecule has 0 aromatic carbocycles. The second kappa shape index (κ2) is 13.3. The van der Waals surface area contributed by atoms with Crippen molar-refractivity contribution in [2.45, 2.75) is 110 Å². The molecule has 0 aromatic rings. The minimum absolute atomic E-state index is 0.766. The fourth-order valence-corrected chi connectivity index (χ4v) is 8.14. The second-order valence-corrected chi connectivity index (χ2v) is 13.9. The van der Waals surface area contributed by atoms with Gasteiger partial charge in [-0.05, 0) is 124 Å². The maximum Gasteiger partial charge on any atom is 0.0394 e. The van der Waals surface area contributed by atoms with Gasteiger partial charge in [-0.2, -0.15) is 0 Å². The Labute approximate surface area is 235 Å². The van der Waals surface area contributed by atoms with Crippen molar-refractivity contribution >= 4 is 0 Å². The molecule has 7 rings (SSSR count). The summed E-state index contributed by atoms with van der Waals surface area (Å²) in [6, 6.07) is 3.27. The normalized spacial score (nSPS) is 35.9. The Bertz CT molecular complexity index is 913. The van der Waals surface area contributed by atoms with Crippen molar-refractivity contribution in [3.63, 3.8) is 0 Å². The first-order valence-electron chi connectivity index (χ1n) is 15.6. The van der Waals surface area contributed by atoms with E-state index in [1.807, 2.05) is 0 Å². The summed E-state index contributed by atoms with van der Waals surface area (Å²) in [4.78, 5) is 9.71. The molecule has 214 valence electrons. The highest BCUT2D eigenvalue weighted by atomic mass is 15.2. The SMILES string of the molecule is CC1=CC2CC(C1)CN(C)C2.CC1=CC2CCC(C1)N2C.CC1=CC2CCCC(C1)N2C.CC1=CN(C)C1. The molecule has 1 aliphatic carbocycles. The van der Waals surface area contributed by atoms with Gasteiger partial charge in [0.15, 0.2) is 0 Å². The lowest BCUT2D eigenvalue weighted by Crippen LogP contribution is -2.45. The molecular formula is C34H58N4. The van der Waals surface area contributed by atoms with E-state index in [0.29, 0.717) is 0 Å². The Hall–Kier alpha value is -1.36. The fourth-order valence-electron chi connectivity index (χ4n) is 8.14. The van der Waals surface area contributed by atoms with Crippen LogP contribution in [0.4, 0.5) is 0 Å². The third kappa shape index (κ3) is 8.08. The van der Waals surface area contributed by atoms with E-state index in [4.69, 9.17) is 0 Å². The lowest BCUT2D eigenvalue weighted by atomic mass is 9.79. The number of likely N-dealkylation sites (N-methyl/N-ethyl adjacent to an activating group) is 3. The third-order valence-electron chi connectivity index (χ3n) is 9.92. The van der Waals surface area contributed by atoms with Gasteiger partial charge in [0.1, 0.15) is 0 Å². The third-order valence-corrected chi connectivity index (χ3v) is 9.92. The topological polar surface area (TPSA) is 13.0 Å². The summed E-state index contributed by atoms with van der Waals surface area (Å²) in [7, 11) is 8.85. The van der Waals surface area contributed by atoms with E-state index in [-0.39, 0.29) is 0 Å². The Morgan fingerprint density at radius 2 is 1.21 bits per heavy atom.